The lowest BCUT2D eigenvalue weighted by Gasteiger charge is -2.07. The Bertz CT molecular complexity index is 215. The quantitative estimate of drug-likeness (QED) is 0.431. The van der Waals surface area contributed by atoms with Gasteiger partial charge in [-0.25, -0.2) is 0 Å². The van der Waals surface area contributed by atoms with Crippen LogP contribution in [-0.2, 0) is 19.0 Å². The van der Waals surface area contributed by atoms with E-state index < -0.39 is 0 Å². The molecule has 0 radical (unpaired) electrons. The van der Waals surface area contributed by atoms with Gasteiger partial charge in [-0.05, 0) is 19.9 Å². The minimum absolute atomic E-state index is 0.0511. The predicted octanol–water partition coefficient (Wildman–Crippen LogP) is 0.562. The van der Waals surface area contributed by atoms with Crippen molar-refractivity contribution in [1.82, 2.24) is 10.6 Å². The van der Waals surface area contributed by atoms with Crippen LogP contribution in [0.1, 0.15) is 26.7 Å². The van der Waals surface area contributed by atoms with Gasteiger partial charge in [0.1, 0.15) is 0 Å². The minimum atomic E-state index is 0.0511. The largest absolute Gasteiger partial charge is 0.382 e. The number of hydrogen-bond acceptors (Lipinski definition) is 5. The van der Waals surface area contributed by atoms with E-state index >= 15 is 0 Å². The molecule has 0 bridgehead atoms. The highest BCUT2D eigenvalue weighted by Crippen LogP contribution is 1.90. The summed E-state index contributed by atoms with van der Waals surface area (Å²) in [5.41, 5.74) is 0. The van der Waals surface area contributed by atoms with Crippen molar-refractivity contribution in [2.75, 3.05) is 59.3 Å². The maximum Gasteiger partial charge on any atom is 0.220 e. The molecule has 0 aromatic carbocycles. The van der Waals surface area contributed by atoms with Crippen LogP contribution >= 0.6 is 0 Å². The first-order valence-corrected chi connectivity index (χ1v) is 7.51. The number of likely N-dealkylation sites (N-methyl/N-ethyl adjacent to an activating group) is 1. The Morgan fingerprint density at radius 1 is 0.900 bits per heavy atom. The monoisotopic (exact) mass is 290 g/mol. The molecule has 0 saturated heterocycles. The normalized spacial score (nSPS) is 10.7. The maximum absolute atomic E-state index is 11.4. The Kier molecular flexibility index (Phi) is 15.8. The number of hydrogen-bond donors (Lipinski definition) is 2. The first-order chi connectivity index (χ1) is 9.81. The van der Waals surface area contributed by atoms with E-state index in [1.807, 2.05) is 6.92 Å². The molecule has 120 valence electrons. The van der Waals surface area contributed by atoms with Crippen LogP contribution in [0.25, 0.3) is 0 Å². The van der Waals surface area contributed by atoms with Crippen molar-refractivity contribution in [1.29, 1.82) is 0 Å². The van der Waals surface area contributed by atoms with Crippen molar-refractivity contribution >= 4 is 5.91 Å². The Morgan fingerprint density at radius 2 is 1.60 bits per heavy atom. The van der Waals surface area contributed by atoms with E-state index in [1.165, 1.54) is 0 Å². The lowest BCUT2D eigenvalue weighted by Crippen LogP contribution is -2.27. The van der Waals surface area contributed by atoms with Gasteiger partial charge in [0.25, 0.3) is 0 Å². The Balaban J connectivity index is 3.09. The van der Waals surface area contributed by atoms with Crippen molar-refractivity contribution < 1.29 is 19.0 Å². The summed E-state index contributed by atoms with van der Waals surface area (Å²) in [5, 5.41) is 5.98. The third-order valence-corrected chi connectivity index (χ3v) is 2.51. The van der Waals surface area contributed by atoms with Gasteiger partial charge >= 0.3 is 0 Å². The van der Waals surface area contributed by atoms with Crippen LogP contribution in [0.4, 0.5) is 0 Å². The topological polar surface area (TPSA) is 68.8 Å². The fourth-order valence-electron chi connectivity index (χ4n) is 1.47. The number of rotatable bonds is 15. The van der Waals surface area contributed by atoms with Crippen LogP contribution in [0, 0.1) is 0 Å². The number of nitrogens with one attached hydrogen (secondary N) is 2. The van der Waals surface area contributed by atoms with Crippen LogP contribution in [0.5, 0.6) is 0 Å². The molecule has 6 heteroatoms. The summed E-state index contributed by atoms with van der Waals surface area (Å²) in [6.07, 6.45) is 1.27. The van der Waals surface area contributed by atoms with Crippen molar-refractivity contribution in [3.63, 3.8) is 0 Å². The molecule has 1 amide bonds. The van der Waals surface area contributed by atoms with Crippen molar-refractivity contribution in [2.24, 2.45) is 0 Å². The van der Waals surface area contributed by atoms with Gasteiger partial charge in [-0.3, -0.25) is 4.79 Å². The lowest BCUT2D eigenvalue weighted by molar-refractivity contribution is -0.121. The lowest BCUT2D eigenvalue weighted by atomic mass is 10.3. The van der Waals surface area contributed by atoms with Gasteiger partial charge in [0.2, 0.25) is 5.91 Å². The highest BCUT2D eigenvalue weighted by molar-refractivity contribution is 5.75. The summed E-state index contributed by atoms with van der Waals surface area (Å²) in [4.78, 5) is 11.4. The van der Waals surface area contributed by atoms with Crippen molar-refractivity contribution in [3.8, 4) is 0 Å². The Hall–Kier alpha value is -0.690. The zero-order valence-electron chi connectivity index (χ0n) is 12.9. The number of amides is 1. The van der Waals surface area contributed by atoms with Crippen LogP contribution in [0.15, 0.2) is 0 Å². The van der Waals surface area contributed by atoms with E-state index in [4.69, 9.17) is 14.2 Å². The van der Waals surface area contributed by atoms with Crippen molar-refractivity contribution in [2.45, 2.75) is 26.7 Å². The summed E-state index contributed by atoms with van der Waals surface area (Å²) in [6, 6.07) is 0. The Labute approximate surface area is 122 Å². The van der Waals surface area contributed by atoms with E-state index in [2.05, 4.69) is 17.6 Å². The molecule has 0 unspecified atom stereocenters. The molecule has 0 heterocycles. The molecule has 0 aliphatic rings. The molecule has 0 aromatic heterocycles. The van der Waals surface area contributed by atoms with Crippen LogP contribution < -0.4 is 10.6 Å². The first kappa shape index (κ1) is 19.3. The third kappa shape index (κ3) is 15.4. The molecular weight excluding hydrogens is 260 g/mol. The number of ether oxygens (including phenoxy) is 3. The molecular formula is C14H30N2O4. The van der Waals surface area contributed by atoms with E-state index in [1.54, 1.807) is 0 Å². The third-order valence-electron chi connectivity index (χ3n) is 2.51. The van der Waals surface area contributed by atoms with Gasteiger partial charge < -0.3 is 24.8 Å². The van der Waals surface area contributed by atoms with Gasteiger partial charge in [-0.15, -0.1) is 0 Å². The number of carbonyl (C=O) groups excluding carboxylic acids is 1. The van der Waals surface area contributed by atoms with E-state index in [-0.39, 0.29) is 5.91 Å². The summed E-state index contributed by atoms with van der Waals surface area (Å²) in [5.74, 6) is 0.0511. The molecule has 2 N–H and O–H groups in total. The van der Waals surface area contributed by atoms with Gasteiger partial charge in [0.05, 0.1) is 26.4 Å². The molecule has 6 nitrogen and oxygen atoms in total. The molecule has 0 rings (SSSR count). The molecule has 0 spiro atoms. The summed E-state index contributed by atoms with van der Waals surface area (Å²) < 4.78 is 15.9. The fourth-order valence-corrected chi connectivity index (χ4v) is 1.47. The Morgan fingerprint density at radius 3 is 2.25 bits per heavy atom. The van der Waals surface area contributed by atoms with Gasteiger partial charge in [-0.2, -0.15) is 0 Å². The molecule has 0 atom stereocenters. The van der Waals surface area contributed by atoms with Gasteiger partial charge in [0.15, 0.2) is 0 Å². The second-order valence-corrected chi connectivity index (χ2v) is 4.23. The molecule has 0 aromatic rings. The fraction of sp³-hybridized carbons (Fsp3) is 0.929. The molecule has 0 aliphatic heterocycles. The minimum Gasteiger partial charge on any atom is -0.382 e. The molecule has 0 aliphatic carbocycles. The van der Waals surface area contributed by atoms with Gasteiger partial charge in [-0.1, -0.05) is 6.92 Å². The molecule has 0 saturated carbocycles. The van der Waals surface area contributed by atoms with E-state index in [9.17, 15) is 4.79 Å². The SMILES string of the molecule is CCNCCOCCOCCNC(=O)CCCOCC. The predicted molar refractivity (Wildman–Crippen MR) is 78.9 cm³/mol. The highest BCUT2D eigenvalue weighted by Gasteiger charge is 1.99. The zero-order valence-corrected chi connectivity index (χ0v) is 12.9. The zero-order chi connectivity index (χ0) is 14.9. The average molecular weight is 290 g/mol. The second kappa shape index (κ2) is 16.4. The maximum atomic E-state index is 11.4. The van der Waals surface area contributed by atoms with Crippen molar-refractivity contribution in [3.05, 3.63) is 0 Å². The van der Waals surface area contributed by atoms with Crippen LogP contribution in [0.2, 0.25) is 0 Å². The summed E-state index contributed by atoms with van der Waals surface area (Å²) in [6.45, 7) is 10.1. The summed E-state index contributed by atoms with van der Waals surface area (Å²) >= 11 is 0. The highest BCUT2D eigenvalue weighted by atomic mass is 16.5. The first-order valence-electron chi connectivity index (χ1n) is 7.51. The molecule has 20 heavy (non-hydrogen) atoms. The number of carbonyl (C=O) groups is 1. The summed E-state index contributed by atoms with van der Waals surface area (Å²) in [7, 11) is 0. The smallest absolute Gasteiger partial charge is 0.220 e. The second-order valence-electron chi connectivity index (χ2n) is 4.23. The van der Waals surface area contributed by atoms with Gasteiger partial charge in [0, 0.05) is 32.7 Å². The van der Waals surface area contributed by atoms with E-state index in [0.717, 1.165) is 19.5 Å². The average Bonchev–Trinajstić information content (AvgIpc) is 2.45. The van der Waals surface area contributed by atoms with Crippen LogP contribution in [0.3, 0.4) is 0 Å². The van der Waals surface area contributed by atoms with E-state index in [0.29, 0.717) is 52.6 Å². The standard InChI is InChI=1S/C14H30N2O4/c1-3-15-7-10-19-12-13-20-11-8-16-14(17)6-5-9-18-4-2/h15H,3-13H2,1-2H3,(H,16,17). The molecule has 0 fully saturated rings. The van der Waals surface area contributed by atoms with Crippen LogP contribution in [-0.4, -0.2) is 65.2 Å².